The fraction of sp³-hybridized carbons (Fsp3) is 0. The van der Waals surface area contributed by atoms with Gasteiger partial charge in [0.1, 0.15) is 15.5 Å². The Bertz CT molecular complexity index is 981. The van der Waals surface area contributed by atoms with Gasteiger partial charge in [-0.15, -0.1) is 0 Å². The molecular weight excluding hydrogens is 334 g/mol. The number of para-hydroxylation sites is 2. The summed E-state index contributed by atoms with van der Waals surface area (Å²) in [6.07, 6.45) is 0. The zero-order valence-electron chi connectivity index (χ0n) is 10.7. The molecule has 0 amide bonds. The first-order valence-corrected chi connectivity index (χ1v) is 8.72. The molecule has 0 bridgehead atoms. The normalized spacial score (nSPS) is 13.5. The van der Waals surface area contributed by atoms with Crippen LogP contribution in [-0.4, -0.2) is 25.9 Å². The summed E-state index contributed by atoms with van der Waals surface area (Å²) in [7, 11) is -9.80. The second-order valence-corrected chi connectivity index (χ2v) is 7.19. The molecule has 10 heteroatoms. The van der Waals surface area contributed by atoms with Crippen LogP contribution in [0.1, 0.15) is 0 Å². The van der Waals surface area contributed by atoms with E-state index in [0.29, 0.717) is 11.4 Å². The predicted octanol–water partition coefficient (Wildman–Crippen LogP) is 2.03. The van der Waals surface area contributed by atoms with Gasteiger partial charge in [-0.25, -0.2) is 0 Å². The molecule has 2 aromatic rings. The third-order valence-electron chi connectivity index (χ3n) is 2.99. The highest BCUT2D eigenvalue weighted by Gasteiger charge is 2.32. The van der Waals surface area contributed by atoms with Gasteiger partial charge in [-0.05, 0) is 24.3 Å². The van der Waals surface area contributed by atoms with Crippen LogP contribution in [0, 0.1) is 0 Å². The average Bonchev–Trinajstić information content (AvgIpc) is 2.41. The molecule has 1 heterocycles. The Balaban J connectivity index is 2.33. The fourth-order valence-corrected chi connectivity index (χ4v) is 4.06. The molecule has 3 N–H and O–H groups in total. The number of benzene rings is 2. The second-order valence-electron chi connectivity index (χ2n) is 4.44. The molecule has 0 radical (unpaired) electrons. The van der Waals surface area contributed by atoms with E-state index in [1.165, 1.54) is 6.07 Å². The third-order valence-corrected chi connectivity index (χ3v) is 4.95. The Kier molecular flexibility index (Phi) is 3.14. The number of anilines is 2. The van der Waals surface area contributed by atoms with E-state index < -0.39 is 30.0 Å². The maximum atomic E-state index is 11.6. The monoisotopic (exact) mass is 343 g/mol. The molecule has 0 saturated carbocycles. The predicted molar refractivity (Wildman–Crippen MR) is 75.9 cm³/mol. The van der Waals surface area contributed by atoms with Crippen molar-refractivity contribution in [2.24, 2.45) is 0 Å². The SMILES string of the molecule is O=S(=O)(O)c1ccc2c(c1S(=O)(=O)O)Nc1ccccc1O2. The smallest absolute Gasteiger partial charge is 0.298 e. The van der Waals surface area contributed by atoms with E-state index in [1.54, 1.807) is 24.3 Å². The minimum Gasteiger partial charge on any atom is -0.453 e. The number of fused-ring (bicyclic) bond motifs is 2. The minimum atomic E-state index is -4.94. The number of rotatable bonds is 2. The number of ether oxygens (including phenoxy) is 1. The molecule has 116 valence electrons. The van der Waals surface area contributed by atoms with Crippen LogP contribution in [0.3, 0.4) is 0 Å². The maximum Gasteiger partial charge on any atom is 0.298 e. The lowest BCUT2D eigenvalue weighted by Crippen LogP contribution is -2.14. The minimum absolute atomic E-state index is 0.00118. The van der Waals surface area contributed by atoms with E-state index in [0.717, 1.165) is 6.07 Å². The summed E-state index contributed by atoms with van der Waals surface area (Å²) in [5.74, 6) is 0.398. The Morgan fingerprint density at radius 2 is 1.55 bits per heavy atom. The third kappa shape index (κ3) is 2.41. The Labute approximate surface area is 125 Å². The van der Waals surface area contributed by atoms with E-state index >= 15 is 0 Å². The molecule has 1 aliphatic rings. The Morgan fingerprint density at radius 3 is 2.18 bits per heavy atom. The van der Waals surface area contributed by atoms with Crippen molar-refractivity contribution < 1.29 is 30.7 Å². The van der Waals surface area contributed by atoms with Gasteiger partial charge in [0.2, 0.25) is 0 Å². The van der Waals surface area contributed by atoms with Gasteiger partial charge in [0.05, 0.1) is 5.69 Å². The lowest BCUT2D eigenvalue weighted by Gasteiger charge is -2.23. The summed E-state index contributed by atoms with van der Waals surface area (Å²) in [4.78, 5) is -1.91. The van der Waals surface area contributed by atoms with Crippen LogP contribution in [0.15, 0.2) is 46.2 Å². The first kappa shape index (κ1) is 14.8. The van der Waals surface area contributed by atoms with Crippen LogP contribution in [0.4, 0.5) is 11.4 Å². The van der Waals surface area contributed by atoms with Crippen LogP contribution < -0.4 is 10.1 Å². The molecule has 0 aliphatic carbocycles. The molecule has 2 aromatic carbocycles. The van der Waals surface area contributed by atoms with Crippen molar-refractivity contribution in [3.05, 3.63) is 36.4 Å². The van der Waals surface area contributed by atoms with Crippen molar-refractivity contribution in [2.75, 3.05) is 5.32 Å². The number of hydrogen-bond acceptors (Lipinski definition) is 6. The van der Waals surface area contributed by atoms with Gasteiger partial charge < -0.3 is 10.1 Å². The molecule has 0 aromatic heterocycles. The maximum absolute atomic E-state index is 11.6. The van der Waals surface area contributed by atoms with Gasteiger partial charge in [0.15, 0.2) is 11.5 Å². The standard InChI is InChI=1S/C12H9NO7S2/c14-21(15,16)10-6-5-9-11(12(10)22(17,18)19)13-7-3-1-2-4-8(7)20-9/h1-6,13H,(H,14,15,16)(H,17,18,19). The molecule has 3 rings (SSSR count). The summed E-state index contributed by atoms with van der Waals surface area (Å²) in [5, 5.41) is 2.69. The summed E-state index contributed by atoms with van der Waals surface area (Å²) in [6, 6.07) is 8.56. The van der Waals surface area contributed by atoms with Gasteiger partial charge in [-0.2, -0.15) is 16.8 Å². The molecular formula is C12H9NO7S2. The van der Waals surface area contributed by atoms with Crippen LogP contribution in [0.2, 0.25) is 0 Å². The highest BCUT2D eigenvalue weighted by molar-refractivity contribution is 7.89. The molecule has 1 aliphatic heterocycles. The van der Waals surface area contributed by atoms with Crippen LogP contribution in [0.5, 0.6) is 11.5 Å². The molecule has 22 heavy (non-hydrogen) atoms. The van der Waals surface area contributed by atoms with Crippen molar-refractivity contribution in [3.63, 3.8) is 0 Å². The Morgan fingerprint density at radius 1 is 0.864 bits per heavy atom. The number of hydrogen-bond donors (Lipinski definition) is 3. The van der Waals surface area contributed by atoms with Crippen molar-refractivity contribution in [1.82, 2.24) is 0 Å². The average molecular weight is 343 g/mol. The highest BCUT2D eigenvalue weighted by Crippen LogP contribution is 2.46. The quantitative estimate of drug-likeness (QED) is 0.603. The van der Waals surface area contributed by atoms with Gasteiger partial charge in [-0.3, -0.25) is 9.11 Å². The fourth-order valence-electron chi connectivity index (χ4n) is 2.12. The summed E-state index contributed by atoms with van der Waals surface area (Å²) in [6.45, 7) is 0. The molecule has 8 nitrogen and oxygen atoms in total. The number of nitrogens with one attached hydrogen (secondary N) is 1. The van der Waals surface area contributed by atoms with Crippen molar-refractivity contribution in [3.8, 4) is 11.5 Å². The lowest BCUT2D eigenvalue weighted by atomic mass is 10.2. The van der Waals surface area contributed by atoms with Gasteiger partial charge in [-0.1, -0.05) is 12.1 Å². The topological polar surface area (TPSA) is 130 Å². The van der Waals surface area contributed by atoms with E-state index in [1.807, 2.05) is 0 Å². The zero-order chi connectivity index (χ0) is 16.1. The van der Waals surface area contributed by atoms with E-state index in [4.69, 9.17) is 9.29 Å². The second kappa shape index (κ2) is 4.68. The van der Waals surface area contributed by atoms with Crippen LogP contribution >= 0.6 is 0 Å². The summed E-state index contributed by atoms with van der Waals surface area (Å²) >= 11 is 0. The first-order valence-electron chi connectivity index (χ1n) is 5.84. The van der Waals surface area contributed by atoms with Crippen molar-refractivity contribution in [2.45, 2.75) is 9.79 Å². The van der Waals surface area contributed by atoms with Gasteiger partial charge >= 0.3 is 0 Å². The van der Waals surface area contributed by atoms with Crippen molar-refractivity contribution >= 4 is 31.6 Å². The molecule has 0 unspecified atom stereocenters. The van der Waals surface area contributed by atoms with Crippen molar-refractivity contribution in [1.29, 1.82) is 0 Å². The van der Waals surface area contributed by atoms with E-state index in [2.05, 4.69) is 5.32 Å². The summed E-state index contributed by atoms with van der Waals surface area (Å²) in [5.41, 5.74) is 0.115. The molecule has 0 saturated heterocycles. The molecule has 0 atom stereocenters. The molecule has 0 fully saturated rings. The zero-order valence-corrected chi connectivity index (χ0v) is 12.3. The Hall–Kier alpha value is -2.14. The van der Waals surface area contributed by atoms with Crippen LogP contribution in [-0.2, 0) is 20.2 Å². The van der Waals surface area contributed by atoms with Gasteiger partial charge in [0.25, 0.3) is 20.2 Å². The van der Waals surface area contributed by atoms with Gasteiger partial charge in [0, 0.05) is 0 Å². The first-order chi connectivity index (χ1) is 10.2. The highest BCUT2D eigenvalue weighted by atomic mass is 32.2. The van der Waals surface area contributed by atoms with E-state index in [9.17, 15) is 21.4 Å². The van der Waals surface area contributed by atoms with E-state index in [-0.39, 0.29) is 11.4 Å². The summed E-state index contributed by atoms with van der Waals surface area (Å²) < 4.78 is 69.8. The lowest BCUT2D eigenvalue weighted by molar-refractivity contribution is 0.459. The largest absolute Gasteiger partial charge is 0.453 e. The molecule has 0 spiro atoms. The van der Waals surface area contributed by atoms with Crippen LogP contribution in [0.25, 0.3) is 0 Å².